The molecule has 5 rings (SSSR count). The van der Waals surface area contributed by atoms with Crippen molar-refractivity contribution in [1.29, 1.82) is 0 Å². The first-order valence-corrected chi connectivity index (χ1v) is 9.66. The highest BCUT2D eigenvalue weighted by molar-refractivity contribution is 6.08. The van der Waals surface area contributed by atoms with E-state index >= 15 is 0 Å². The van der Waals surface area contributed by atoms with Gasteiger partial charge >= 0.3 is 0 Å². The fourth-order valence-electron chi connectivity index (χ4n) is 3.94. The Morgan fingerprint density at radius 1 is 1.18 bits per heavy atom. The number of benzene rings is 1. The van der Waals surface area contributed by atoms with Gasteiger partial charge in [-0.2, -0.15) is 10.2 Å². The lowest BCUT2D eigenvalue weighted by Crippen LogP contribution is -2.19. The zero-order valence-electron chi connectivity index (χ0n) is 15.6. The molecule has 0 spiro atoms. The van der Waals surface area contributed by atoms with Crippen LogP contribution in [0, 0.1) is 0 Å². The molecule has 1 aliphatic rings. The van der Waals surface area contributed by atoms with Crippen LogP contribution in [0.1, 0.15) is 25.5 Å². The average molecular weight is 377 g/mol. The number of ether oxygens (including phenoxy) is 1. The lowest BCUT2D eigenvalue weighted by atomic mass is 10.1. The first-order chi connectivity index (χ1) is 13.7. The van der Waals surface area contributed by atoms with Crippen molar-refractivity contribution >= 4 is 27.6 Å². The van der Waals surface area contributed by atoms with E-state index in [4.69, 9.17) is 16.2 Å². The van der Waals surface area contributed by atoms with Crippen LogP contribution >= 0.6 is 0 Å². The van der Waals surface area contributed by atoms with Crippen molar-refractivity contribution in [2.24, 2.45) is 5.73 Å². The summed E-state index contributed by atoms with van der Waals surface area (Å²) in [4.78, 5) is 4.60. The van der Waals surface area contributed by atoms with Gasteiger partial charge in [0.2, 0.25) is 0 Å². The minimum Gasteiger partial charge on any atom is -0.382 e. The predicted octanol–water partition coefficient (Wildman–Crippen LogP) is 2.69. The lowest BCUT2D eigenvalue weighted by molar-refractivity contribution is -0.0383. The fraction of sp³-hybridized carbons (Fsp3) is 0.350. The molecule has 1 unspecified atom stereocenters. The summed E-state index contributed by atoms with van der Waals surface area (Å²) in [5.41, 5.74) is 15.5. The second kappa shape index (κ2) is 6.88. The number of fused-ring (bicyclic) bond motifs is 3. The normalized spacial score (nSPS) is 17.5. The quantitative estimate of drug-likeness (QED) is 0.566. The molecule has 0 radical (unpaired) electrons. The molecule has 8 heteroatoms. The van der Waals surface area contributed by atoms with Crippen molar-refractivity contribution in [3.8, 4) is 11.3 Å². The highest BCUT2D eigenvalue weighted by Crippen LogP contribution is 2.32. The van der Waals surface area contributed by atoms with Crippen LogP contribution in [0.2, 0.25) is 0 Å². The highest BCUT2D eigenvalue weighted by atomic mass is 16.5. The van der Waals surface area contributed by atoms with Gasteiger partial charge in [0.05, 0.1) is 17.8 Å². The summed E-state index contributed by atoms with van der Waals surface area (Å²) in [5.74, 6) is 0.430. The summed E-state index contributed by atoms with van der Waals surface area (Å²) in [7, 11) is 0. The van der Waals surface area contributed by atoms with Crippen LogP contribution in [-0.4, -0.2) is 37.7 Å². The van der Waals surface area contributed by atoms with E-state index in [1.165, 1.54) is 0 Å². The predicted molar refractivity (Wildman–Crippen MR) is 109 cm³/mol. The third-order valence-electron chi connectivity index (χ3n) is 5.29. The largest absolute Gasteiger partial charge is 0.382 e. The molecule has 1 aliphatic heterocycles. The molecule has 1 atom stereocenters. The van der Waals surface area contributed by atoms with Crippen molar-refractivity contribution in [2.75, 3.05) is 18.9 Å². The van der Waals surface area contributed by atoms with Gasteiger partial charge in [-0.1, -0.05) is 12.1 Å². The minimum absolute atomic E-state index is 0.00977. The number of nitrogen functional groups attached to an aromatic ring is 1. The van der Waals surface area contributed by atoms with E-state index in [0.29, 0.717) is 24.4 Å². The molecule has 4 heterocycles. The van der Waals surface area contributed by atoms with Crippen molar-refractivity contribution in [3.05, 3.63) is 36.7 Å². The van der Waals surface area contributed by atoms with E-state index in [9.17, 15) is 0 Å². The molecule has 0 saturated carbocycles. The molecule has 1 saturated heterocycles. The van der Waals surface area contributed by atoms with Crippen LogP contribution in [0.3, 0.4) is 0 Å². The van der Waals surface area contributed by atoms with Gasteiger partial charge in [0.25, 0.3) is 0 Å². The maximum Gasteiger partial charge on any atom is 0.152 e. The van der Waals surface area contributed by atoms with Gasteiger partial charge < -0.3 is 16.2 Å². The summed E-state index contributed by atoms with van der Waals surface area (Å²) in [6.07, 6.45) is 7.05. The van der Waals surface area contributed by atoms with E-state index in [-0.39, 0.29) is 6.23 Å². The molecular weight excluding hydrogens is 354 g/mol. The standard InChI is InChI=1S/C20H23N7O/c21-7-9-26-12-15-14-5-4-13(11-16(14)24-20(22)19(15)25-26)17-6-8-23-27(17)18-3-1-2-10-28-18/h4-6,8,11-12,18H,1-3,7,9-10,21H2,(H2,22,24). The van der Waals surface area contributed by atoms with E-state index in [2.05, 4.69) is 33.4 Å². The number of anilines is 1. The Labute approximate surface area is 162 Å². The SMILES string of the molecule is NCCn1cc2c(n1)c(N)nc1cc(-c3ccnn3C3CCCCO3)ccc12. The molecular formula is C20H23N7O. The van der Waals surface area contributed by atoms with Crippen molar-refractivity contribution in [2.45, 2.75) is 32.0 Å². The van der Waals surface area contributed by atoms with E-state index in [1.54, 1.807) is 0 Å². The molecule has 144 valence electrons. The van der Waals surface area contributed by atoms with Gasteiger partial charge in [-0.3, -0.25) is 4.68 Å². The van der Waals surface area contributed by atoms with Crippen molar-refractivity contribution in [3.63, 3.8) is 0 Å². The number of nitrogens with two attached hydrogens (primary N) is 2. The number of hydrogen-bond donors (Lipinski definition) is 2. The Balaban J connectivity index is 1.61. The first-order valence-electron chi connectivity index (χ1n) is 9.66. The van der Waals surface area contributed by atoms with Crippen LogP contribution in [0.25, 0.3) is 33.1 Å². The molecule has 3 aromatic heterocycles. The molecule has 0 amide bonds. The Kier molecular flexibility index (Phi) is 4.22. The summed E-state index contributed by atoms with van der Waals surface area (Å²) < 4.78 is 9.72. The highest BCUT2D eigenvalue weighted by Gasteiger charge is 2.20. The van der Waals surface area contributed by atoms with Crippen molar-refractivity contribution in [1.82, 2.24) is 24.5 Å². The Bertz CT molecular complexity index is 1140. The first kappa shape index (κ1) is 17.2. The number of pyridine rings is 1. The molecule has 1 fully saturated rings. The second-order valence-corrected chi connectivity index (χ2v) is 7.15. The summed E-state index contributed by atoms with van der Waals surface area (Å²) in [5, 5.41) is 11.0. The third-order valence-corrected chi connectivity index (χ3v) is 5.29. The van der Waals surface area contributed by atoms with Crippen LogP contribution in [0.5, 0.6) is 0 Å². The maximum atomic E-state index is 6.19. The van der Waals surface area contributed by atoms with Crippen LogP contribution in [0.15, 0.2) is 36.7 Å². The fourth-order valence-corrected chi connectivity index (χ4v) is 3.94. The maximum absolute atomic E-state index is 6.19. The van der Waals surface area contributed by atoms with Crippen LogP contribution in [-0.2, 0) is 11.3 Å². The van der Waals surface area contributed by atoms with E-state index < -0.39 is 0 Å². The topological polar surface area (TPSA) is 110 Å². The number of hydrogen-bond acceptors (Lipinski definition) is 6. The van der Waals surface area contributed by atoms with E-state index in [1.807, 2.05) is 27.8 Å². The molecule has 0 aliphatic carbocycles. The Hall–Kier alpha value is -2.97. The van der Waals surface area contributed by atoms with Crippen LogP contribution in [0.4, 0.5) is 5.82 Å². The number of nitrogens with zero attached hydrogens (tertiary/aromatic N) is 5. The molecule has 28 heavy (non-hydrogen) atoms. The number of rotatable bonds is 4. The average Bonchev–Trinajstić information content (AvgIpc) is 3.36. The Morgan fingerprint density at radius 2 is 2.11 bits per heavy atom. The van der Waals surface area contributed by atoms with Gasteiger partial charge in [0.15, 0.2) is 12.0 Å². The van der Waals surface area contributed by atoms with Crippen molar-refractivity contribution < 1.29 is 4.74 Å². The van der Waals surface area contributed by atoms with Gasteiger partial charge in [0, 0.05) is 41.9 Å². The smallest absolute Gasteiger partial charge is 0.152 e. The van der Waals surface area contributed by atoms with Gasteiger partial charge in [-0.15, -0.1) is 0 Å². The summed E-state index contributed by atoms with van der Waals surface area (Å²) in [6, 6.07) is 8.24. The molecule has 0 bridgehead atoms. The monoisotopic (exact) mass is 377 g/mol. The zero-order chi connectivity index (χ0) is 19.1. The van der Waals surface area contributed by atoms with Gasteiger partial charge in [0.1, 0.15) is 5.52 Å². The summed E-state index contributed by atoms with van der Waals surface area (Å²) >= 11 is 0. The Morgan fingerprint density at radius 3 is 2.93 bits per heavy atom. The van der Waals surface area contributed by atoms with Gasteiger partial charge in [-0.05, 0) is 31.4 Å². The zero-order valence-corrected chi connectivity index (χ0v) is 15.6. The molecule has 4 aromatic rings. The van der Waals surface area contributed by atoms with Crippen LogP contribution < -0.4 is 11.5 Å². The van der Waals surface area contributed by atoms with E-state index in [0.717, 1.165) is 53.4 Å². The molecule has 8 nitrogen and oxygen atoms in total. The third kappa shape index (κ3) is 2.81. The summed E-state index contributed by atoms with van der Waals surface area (Å²) in [6.45, 7) is 1.95. The second-order valence-electron chi connectivity index (χ2n) is 7.15. The van der Waals surface area contributed by atoms with Gasteiger partial charge in [-0.25, -0.2) is 9.67 Å². The molecule has 4 N–H and O–H groups in total. The lowest BCUT2D eigenvalue weighted by Gasteiger charge is -2.24. The minimum atomic E-state index is -0.00977. The number of aromatic nitrogens is 5. The molecule has 1 aromatic carbocycles.